The molecule has 0 saturated heterocycles. The number of nitrogens with zero attached hydrogens (tertiary/aromatic N) is 4. The highest BCUT2D eigenvalue weighted by atomic mass is 16.3. The molecule has 2 aromatic rings. The summed E-state index contributed by atoms with van der Waals surface area (Å²) in [4.78, 5) is 13.8. The number of amides is 2. The number of hydrogen-bond donors (Lipinski definition) is 2. The second kappa shape index (κ2) is 7.03. The van der Waals surface area contributed by atoms with Crippen molar-refractivity contribution in [3.8, 4) is 0 Å². The Morgan fingerprint density at radius 2 is 2.24 bits per heavy atom. The number of aromatic nitrogens is 3. The molecular weight excluding hydrogens is 270 g/mol. The standard InChI is InChI=1S/C14H21N5O2/c1-3-7-18(9-10-20)14(21)15-11(2)13-17-16-12-6-4-5-8-19(12)13/h4-6,8,11,20H,3,7,9-10H2,1-2H3,(H,15,21). The number of aliphatic hydroxyl groups excluding tert-OH is 1. The molecule has 0 fully saturated rings. The Kier molecular flexibility index (Phi) is 5.10. The van der Waals surface area contributed by atoms with E-state index in [1.807, 2.05) is 42.6 Å². The topological polar surface area (TPSA) is 82.8 Å². The molecule has 2 amide bonds. The van der Waals surface area contributed by atoms with Crippen LogP contribution in [-0.4, -0.2) is 50.3 Å². The van der Waals surface area contributed by atoms with Gasteiger partial charge in [0.2, 0.25) is 0 Å². The van der Waals surface area contributed by atoms with E-state index in [0.717, 1.165) is 12.1 Å². The van der Waals surface area contributed by atoms with E-state index in [-0.39, 0.29) is 18.7 Å². The molecular formula is C14H21N5O2. The first-order valence-electron chi connectivity index (χ1n) is 7.13. The van der Waals surface area contributed by atoms with Crippen molar-refractivity contribution >= 4 is 11.7 Å². The Labute approximate surface area is 123 Å². The summed E-state index contributed by atoms with van der Waals surface area (Å²) in [7, 11) is 0. The number of aliphatic hydroxyl groups is 1. The Balaban J connectivity index is 2.09. The smallest absolute Gasteiger partial charge is 0.318 e. The van der Waals surface area contributed by atoms with Crippen LogP contribution in [0.5, 0.6) is 0 Å². The molecule has 0 aliphatic heterocycles. The van der Waals surface area contributed by atoms with E-state index in [2.05, 4.69) is 15.5 Å². The fourth-order valence-corrected chi connectivity index (χ4v) is 2.20. The van der Waals surface area contributed by atoms with Crippen molar-refractivity contribution < 1.29 is 9.90 Å². The SMILES string of the molecule is CCCN(CCO)C(=O)NC(C)c1nnc2ccccn12. The maximum absolute atomic E-state index is 12.2. The minimum atomic E-state index is -0.270. The van der Waals surface area contributed by atoms with Crippen LogP contribution < -0.4 is 5.32 Å². The molecule has 0 aliphatic carbocycles. The van der Waals surface area contributed by atoms with Crippen LogP contribution in [0.15, 0.2) is 24.4 Å². The van der Waals surface area contributed by atoms with Gasteiger partial charge in [-0.25, -0.2) is 4.79 Å². The maximum atomic E-state index is 12.2. The van der Waals surface area contributed by atoms with Gasteiger partial charge in [0.15, 0.2) is 11.5 Å². The van der Waals surface area contributed by atoms with Crippen LogP contribution in [0.25, 0.3) is 5.65 Å². The van der Waals surface area contributed by atoms with Crippen LogP contribution in [0.1, 0.15) is 32.1 Å². The third-order valence-corrected chi connectivity index (χ3v) is 3.22. The summed E-state index contributed by atoms with van der Waals surface area (Å²) < 4.78 is 1.85. The van der Waals surface area contributed by atoms with Gasteiger partial charge in [0.1, 0.15) is 0 Å². The lowest BCUT2D eigenvalue weighted by Crippen LogP contribution is -2.43. The van der Waals surface area contributed by atoms with Gasteiger partial charge in [0, 0.05) is 19.3 Å². The number of pyridine rings is 1. The second-order valence-electron chi connectivity index (χ2n) is 4.87. The van der Waals surface area contributed by atoms with Gasteiger partial charge in [-0.1, -0.05) is 13.0 Å². The Morgan fingerprint density at radius 1 is 1.43 bits per heavy atom. The van der Waals surface area contributed by atoms with E-state index in [0.29, 0.717) is 18.9 Å². The van der Waals surface area contributed by atoms with Gasteiger partial charge in [0.05, 0.1) is 12.6 Å². The number of nitrogens with one attached hydrogen (secondary N) is 1. The van der Waals surface area contributed by atoms with E-state index in [1.54, 1.807) is 4.90 Å². The highest BCUT2D eigenvalue weighted by Gasteiger charge is 2.19. The van der Waals surface area contributed by atoms with Crippen LogP contribution in [0.4, 0.5) is 4.79 Å². The van der Waals surface area contributed by atoms with Crippen LogP contribution in [-0.2, 0) is 0 Å². The Bertz CT molecular complexity index is 592. The van der Waals surface area contributed by atoms with E-state index in [4.69, 9.17) is 5.11 Å². The molecule has 0 saturated carbocycles. The molecule has 2 aromatic heterocycles. The fraction of sp³-hybridized carbons (Fsp3) is 0.500. The summed E-state index contributed by atoms with van der Waals surface area (Å²) in [6, 6.07) is 5.17. The summed E-state index contributed by atoms with van der Waals surface area (Å²) >= 11 is 0. The van der Waals surface area contributed by atoms with Crippen LogP contribution in [0, 0.1) is 0 Å². The zero-order chi connectivity index (χ0) is 15.2. The molecule has 21 heavy (non-hydrogen) atoms. The molecule has 0 aliphatic rings. The molecule has 114 valence electrons. The number of urea groups is 1. The van der Waals surface area contributed by atoms with Crippen molar-refractivity contribution in [3.63, 3.8) is 0 Å². The van der Waals surface area contributed by atoms with Crippen molar-refractivity contribution in [2.24, 2.45) is 0 Å². The quantitative estimate of drug-likeness (QED) is 0.838. The van der Waals surface area contributed by atoms with Crippen molar-refractivity contribution in [2.45, 2.75) is 26.3 Å². The zero-order valence-corrected chi connectivity index (χ0v) is 12.4. The summed E-state index contributed by atoms with van der Waals surface area (Å²) in [5.74, 6) is 0.680. The molecule has 0 radical (unpaired) electrons. The van der Waals surface area contributed by atoms with Crippen molar-refractivity contribution in [2.75, 3.05) is 19.7 Å². The van der Waals surface area contributed by atoms with Crippen LogP contribution >= 0.6 is 0 Å². The monoisotopic (exact) mass is 291 g/mol. The van der Waals surface area contributed by atoms with Crippen LogP contribution in [0.3, 0.4) is 0 Å². The van der Waals surface area contributed by atoms with E-state index in [1.165, 1.54) is 0 Å². The summed E-state index contributed by atoms with van der Waals surface area (Å²) in [5, 5.41) is 20.1. The van der Waals surface area contributed by atoms with Gasteiger partial charge in [0.25, 0.3) is 0 Å². The van der Waals surface area contributed by atoms with E-state index < -0.39 is 0 Å². The molecule has 0 aromatic carbocycles. The second-order valence-corrected chi connectivity index (χ2v) is 4.87. The molecule has 7 heteroatoms. The third-order valence-electron chi connectivity index (χ3n) is 3.22. The van der Waals surface area contributed by atoms with Crippen molar-refractivity contribution in [1.82, 2.24) is 24.8 Å². The molecule has 1 atom stereocenters. The first-order valence-corrected chi connectivity index (χ1v) is 7.13. The molecule has 1 unspecified atom stereocenters. The highest BCUT2D eigenvalue weighted by Crippen LogP contribution is 2.12. The van der Waals surface area contributed by atoms with Crippen LogP contribution in [0.2, 0.25) is 0 Å². The number of carbonyl (C=O) groups is 1. The average molecular weight is 291 g/mol. The minimum Gasteiger partial charge on any atom is -0.395 e. The predicted octanol–water partition coefficient (Wildman–Crippen LogP) is 1.20. The first-order chi connectivity index (χ1) is 10.2. The fourth-order valence-electron chi connectivity index (χ4n) is 2.20. The molecule has 0 spiro atoms. The van der Waals surface area contributed by atoms with Gasteiger partial charge in [-0.3, -0.25) is 4.40 Å². The van der Waals surface area contributed by atoms with Gasteiger partial charge in [-0.15, -0.1) is 10.2 Å². The number of rotatable bonds is 6. The number of hydrogen-bond acceptors (Lipinski definition) is 4. The summed E-state index contributed by atoms with van der Waals surface area (Å²) in [6.45, 7) is 4.75. The first kappa shape index (κ1) is 15.2. The lowest BCUT2D eigenvalue weighted by Gasteiger charge is -2.23. The van der Waals surface area contributed by atoms with Gasteiger partial charge in [-0.05, 0) is 25.5 Å². The molecule has 2 N–H and O–H groups in total. The highest BCUT2D eigenvalue weighted by molar-refractivity contribution is 5.74. The van der Waals surface area contributed by atoms with Crippen molar-refractivity contribution in [1.29, 1.82) is 0 Å². The normalized spacial score (nSPS) is 12.3. The molecule has 2 rings (SSSR count). The zero-order valence-electron chi connectivity index (χ0n) is 12.4. The molecule has 0 bridgehead atoms. The lowest BCUT2D eigenvalue weighted by molar-refractivity contribution is 0.174. The molecule has 2 heterocycles. The third kappa shape index (κ3) is 3.49. The summed E-state index contributed by atoms with van der Waals surface area (Å²) in [6.07, 6.45) is 2.71. The average Bonchev–Trinajstić information content (AvgIpc) is 2.91. The largest absolute Gasteiger partial charge is 0.395 e. The predicted molar refractivity (Wildman–Crippen MR) is 78.9 cm³/mol. The van der Waals surface area contributed by atoms with Crippen molar-refractivity contribution in [3.05, 3.63) is 30.2 Å². The van der Waals surface area contributed by atoms with E-state index in [9.17, 15) is 4.79 Å². The Morgan fingerprint density at radius 3 is 2.95 bits per heavy atom. The number of fused-ring (bicyclic) bond motifs is 1. The maximum Gasteiger partial charge on any atom is 0.318 e. The van der Waals surface area contributed by atoms with Gasteiger partial charge in [-0.2, -0.15) is 0 Å². The number of carbonyl (C=O) groups excluding carboxylic acids is 1. The Hall–Kier alpha value is -2.15. The minimum absolute atomic E-state index is 0.0460. The van der Waals surface area contributed by atoms with Gasteiger partial charge >= 0.3 is 6.03 Å². The summed E-state index contributed by atoms with van der Waals surface area (Å²) in [5.41, 5.74) is 0.745. The van der Waals surface area contributed by atoms with E-state index >= 15 is 0 Å². The van der Waals surface area contributed by atoms with Gasteiger partial charge < -0.3 is 15.3 Å². The molecule has 7 nitrogen and oxygen atoms in total. The lowest BCUT2D eigenvalue weighted by atomic mass is 10.3.